The fourth-order valence-corrected chi connectivity index (χ4v) is 0.271. The van der Waals surface area contributed by atoms with Gasteiger partial charge in [-0.25, -0.2) is 0 Å². The molecule has 0 saturated heterocycles. The molecule has 0 fully saturated rings. The van der Waals surface area contributed by atoms with E-state index in [1.165, 1.54) is 0 Å². The molecule has 0 radical (unpaired) electrons. The molecule has 0 aliphatic carbocycles. The van der Waals surface area contributed by atoms with Gasteiger partial charge in [0.2, 0.25) is 0 Å². The van der Waals surface area contributed by atoms with Gasteiger partial charge in [-0.2, -0.15) is 0 Å². The van der Waals surface area contributed by atoms with E-state index in [-0.39, 0.29) is 18.2 Å². The minimum Gasteiger partial charge on any atom is -0.393 e. The third kappa shape index (κ3) is 12.4. The molecule has 0 aliphatic rings. The topological polar surface area (TPSA) is 43.4 Å². The number of halogens is 2. The Morgan fingerprint density at radius 2 is 1.33 bits per heavy atom. The monoisotopic (exact) mass is 214 g/mol. The fraction of sp³-hybridized carbons (Fsp3) is 0.714. The standard InChI is InChI=1S/C6H10O3.CH2Cl2/c1-3-5(7)9-6(8)4-2;2-1-3/h3-4H2,1-2H3;1H2. The Hall–Kier alpha value is -0.280. The first kappa shape index (κ1) is 14.3. The lowest BCUT2D eigenvalue weighted by atomic mass is 10.5. The van der Waals surface area contributed by atoms with Gasteiger partial charge in [-0.1, -0.05) is 13.8 Å². The van der Waals surface area contributed by atoms with Crippen LogP contribution in [0.25, 0.3) is 0 Å². The third-order valence-corrected chi connectivity index (χ3v) is 0.805. The van der Waals surface area contributed by atoms with Crippen molar-refractivity contribution >= 4 is 35.1 Å². The van der Waals surface area contributed by atoms with Gasteiger partial charge in [0.05, 0.1) is 5.34 Å². The van der Waals surface area contributed by atoms with Crippen LogP contribution in [0.4, 0.5) is 0 Å². The predicted octanol–water partition coefficient (Wildman–Crippen LogP) is 2.30. The second-order valence-electron chi connectivity index (χ2n) is 1.65. The van der Waals surface area contributed by atoms with Crippen LogP contribution in [0, 0.1) is 0 Å². The van der Waals surface area contributed by atoms with Gasteiger partial charge in [0.25, 0.3) is 0 Å². The minimum absolute atomic E-state index is 0.194. The van der Waals surface area contributed by atoms with E-state index < -0.39 is 11.9 Å². The van der Waals surface area contributed by atoms with Gasteiger partial charge in [0.15, 0.2) is 0 Å². The normalized spacial score (nSPS) is 8.00. The number of carbonyl (C=O) groups excluding carboxylic acids is 2. The van der Waals surface area contributed by atoms with Gasteiger partial charge >= 0.3 is 11.9 Å². The van der Waals surface area contributed by atoms with Crippen molar-refractivity contribution in [1.82, 2.24) is 0 Å². The highest BCUT2D eigenvalue weighted by Crippen LogP contribution is 1.88. The number of ether oxygens (including phenoxy) is 1. The molecule has 0 unspecified atom stereocenters. The lowest BCUT2D eigenvalue weighted by Crippen LogP contribution is -2.09. The smallest absolute Gasteiger partial charge is 0.313 e. The molecular weight excluding hydrogens is 203 g/mol. The number of alkyl halides is 2. The molecule has 0 aromatic rings. The van der Waals surface area contributed by atoms with Crippen LogP contribution in [0.2, 0.25) is 0 Å². The van der Waals surface area contributed by atoms with E-state index in [0.717, 1.165) is 0 Å². The molecule has 0 aliphatic heterocycles. The Kier molecular flexibility index (Phi) is 12.7. The number of hydrogen-bond acceptors (Lipinski definition) is 3. The van der Waals surface area contributed by atoms with Gasteiger partial charge in [-0.05, 0) is 0 Å². The molecule has 0 N–H and O–H groups in total. The van der Waals surface area contributed by atoms with E-state index in [4.69, 9.17) is 23.2 Å². The fourth-order valence-electron chi connectivity index (χ4n) is 0.271. The SMILES string of the molecule is CCC(=O)OC(=O)CC.ClCCl. The Bertz CT molecular complexity index is 123. The average Bonchev–Trinajstić information content (AvgIpc) is 2.05. The Morgan fingerprint density at radius 1 is 1.08 bits per heavy atom. The van der Waals surface area contributed by atoms with Crippen LogP contribution in [0.3, 0.4) is 0 Å². The third-order valence-electron chi connectivity index (χ3n) is 0.805. The molecule has 0 rings (SSSR count). The maximum Gasteiger partial charge on any atom is 0.313 e. The Labute approximate surface area is 82.0 Å². The van der Waals surface area contributed by atoms with Crippen molar-refractivity contribution in [1.29, 1.82) is 0 Å². The van der Waals surface area contributed by atoms with E-state index in [2.05, 4.69) is 4.74 Å². The second-order valence-corrected chi connectivity index (χ2v) is 2.46. The highest BCUT2D eigenvalue weighted by atomic mass is 35.5. The van der Waals surface area contributed by atoms with Crippen LogP contribution >= 0.6 is 23.2 Å². The summed E-state index contributed by atoms with van der Waals surface area (Å²) in [5, 5.41) is 0.194. The van der Waals surface area contributed by atoms with Gasteiger partial charge in [0, 0.05) is 12.8 Å². The number of esters is 2. The molecule has 72 valence electrons. The van der Waals surface area contributed by atoms with E-state index in [1.54, 1.807) is 13.8 Å². The van der Waals surface area contributed by atoms with Crippen LogP contribution in [-0.2, 0) is 14.3 Å². The zero-order chi connectivity index (χ0) is 9.98. The molecule has 12 heavy (non-hydrogen) atoms. The molecule has 5 heteroatoms. The maximum atomic E-state index is 10.3. The van der Waals surface area contributed by atoms with Gasteiger partial charge < -0.3 is 4.74 Å². The predicted molar refractivity (Wildman–Crippen MR) is 48.3 cm³/mol. The number of hydrogen-bond donors (Lipinski definition) is 0. The molecule has 0 bridgehead atoms. The Morgan fingerprint density at radius 3 is 1.50 bits per heavy atom. The summed E-state index contributed by atoms with van der Waals surface area (Å²) in [6.45, 7) is 3.29. The summed E-state index contributed by atoms with van der Waals surface area (Å²) in [5.41, 5.74) is 0. The molecule has 0 aromatic heterocycles. The highest BCUT2D eigenvalue weighted by Gasteiger charge is 2.03. The van der Waals surface area contributed by atoms with Gasteiger partial charge in [-0.3, -0.25) is 9.59 Å². The van der Waals surface area contributed by atoms with E-state index in [1.807, 2.05) is 0 Å². The number of rotatable bonds is 2. The summed E-state index contributed by atoms with van der Waals surface area (Å²) in [4.78, 5) is 20.7. The lowest BCUT2D eigenvalue weighted by molar-refractivity contribution is -0.159. The molecular formula is C7H12Cl2O3. The van der Waals surface area contributed by atoms with Crippen molar-refractivity contribution in [3.8, 4) is 0 Å². The maximum absolute atomic E-state index is 10.3. The van der Waals surface area contributed by atoms with E-state index in [9.17, 15) is 9.59 Å². The van der Waals surface area contributed by atoms with Gasteiger partial charge in [0.1, 0.15) is 0 Å². The van der Waals surface area contributed by atoms with Crippen LogP contribution < -0.4 is 0 Å². The average molecular weight is 215 g/mol. The second kappa shape index (κ2) is 10.7. The molecule has 0 aromatic carbocycles. The van der Waals surface area contributed by atoms with Crippen LogP contribution in [0.5, 0.6) is 0 Å². The first-order chi connectivity index (χ1) is 5.62. The zero-order valence-corrected chi connectivity index (χ0v) is 8.61. The van der Waals surface area contributed by atoms with Crippen molar-refractivity contribution in [3.63, 3.8) is 0 Å². The van der Waals surface area contributed by atoms with Gasteiger partial charge in [-0.15, -0.1) is 23.2 Å². The lowest BCUT2D eigenvalue weighted by Gasteiger charge is -1.95. The minimum atomic E-state index is -0.457. The quantitative estimate of drug-likeness (QED) is 0.403. The highest BCUT2D eigenvalue weighted by molar-refractivity contribution is 6.40. The number of carbonyl (C=O) groups is 2. The molecule has 0 spiro atoms. The van der Waals surface area contributed by atoms with E-state index in [0.29, 0.717) is 0 Å². The Balaban J connectivity index is 0. The van der Waals surface area contributed by atoms with Crippen LogP contribution in [0.15, 0.2) is 0 Å². The summed E-state index contributed by atoms with van der Waals surface area (Å²) in [6.07, 6.45) is 0.511. The summed E-state index contributed by atoms with van der Waals surface area (Å²) < 4.78 is 4.27. The molecule has 0 saturated carbocycles. The van der Waals surface area contributed by atoms with Crippen molar-refractivity contribution in [3.05, 3.63) is 0 Å². The molecule has 0 atom stereocenters. The summed E-state index contributed by atoms with van der Waals surface area (Å²) >= 11 is 9.53. The van der Waals surface area contributed by atoms with Crippen molar-refractivity contribution < 1.29 is 14.3 Å². The first-order valence-corrected chi connectivity index (χ1v) is 4.54. The van der Waals surface area contributed by atoms with Crippen molar-refractivity contribution in [2.24, 2.45) is 0 Å². The van der Waals surface area contributed by atoms with Crippen LogP contribution in [0.1, 0.15) is 26.7 Å². The van der Waals surface area contributed by atoms with Crippen molar-refractivity contribution in [2.45, 2.75) is 26.7 Å². The molecule has 3 nitrogen and oxygen atoms in total. The zero-order valence-electron chi connectivity index (χ0n) is 7.10. The summed E-state index contributed by atoms with van der Waals surface area (Å²) in [7, 11) is 0. The summed E-state index contributed by atoms with van der Waals surface area (Å²) in [6, 6.07) is 0. The van der Waals surface area contributed by atoms with Crippen LogP contribution in [-0.4, -0.2) is 17.3 Å². The first-order valence-electron chi connectivity index (χ1n) is 3.47. The summed E-state index contributed by atoms with van der Waals surface area (Å²) in [5.74, 6) is -0.913. The largest absolute Gasteiger partial charge is 0.393 e. The van der Waals surface area contributed by atoms with Crippen molar-refractivity contribution in [2.75, 3.05) is 5.34 Å². The molecule has 0 heterocycles. The molecule has 0 amide bonds. The van der Waals surface area contributed by atoms with E-state index >= 15 is 0 Å².